The molecule has 0 radical (unpaired) electrons. The molecule has 2 aliphatic rings. The van der Waals surface area contributed by atoms with E-state index in [0.717, 1.165) is 5.39 Å². The molecule has 4 rings (SSSR count). The Morgan fingerprint density at radius 2 is 1.34 bits per heavy atom. The first-order chi connectivity index (χ1) is 15.1. The van der Waals surface area contributed by atoms with E-state index in [4.69, 9.17) is 4.74 Å². The zero-order chi connectivity index (χ0) is 23.0. The standard InChI is InChI=1S/C23H26F6N2O/c24-22(25,26)21(23(27,28)29,16-7-2-1-3-8-16)17-10-12-18(13-11-17)32-20-30-14-15-6-4-5-9-19(15)31-20/h4-6,9,14,16-18H,1-3,7-8,10-13H2. The Hall–Kier alpha value is -2.06. The number of ether oxygens (including phenoxy) is 1. The Morgan fingerprint density at radius 1 is 0.750 bits per heavy atom. The SMILES string of the molecule is FC(F)(F)C(C1CCCCC1)(C1CCC(Oc2ncc3ccccc3n2)CC1)C(F)(F)F. The smallest absolute Gasteiger partial charge is 0.403 e. The molecule has 0 aliphatic heterocycles. The molecule has 2 saturated carbocycles. The van der Waals surface area contributed by atoms with Crippen LogP contribution < -0.4 is 4.74 Å². The van der Waals surface area contributed by atoms with Crippen molar-refractivity contribution < 1.29 is 31.1 Å². The quantitative estimate of drug-likeness (QED) is 0.451. The molecule has 0 N–H and O–H groups in total. The minimum absolute atomic E-state index is 0.0274. The van der Waals surface area contributed by atoms with Crippen molar-refractivity contribution in [2.24, 2.45) is 17.3 Å². The average Bonchev–Trinajstić information content (AvgIpc) is 2.74. The van der Waals surface area contributed by atoms with Gasteiger partial charge in [0.1, 0.15) is 6.10 Å². The highest BCUT2D eigenvalue weighted by molar-refractivity contribution is 5.77. The van der Waals surface area contributed by atoms with Crippen LogP contribution in [0.5, 0.6) is 6.01 Å². The van der Waals surface area contributed by atoms with Gasteiger partial charge in [-0.1, -0.05) is 37.5 Å². The van der Waals surface area contributed by atoms with Crippen molar-refractivity contribution in [1.29, 1.82) is 0 Å². The molecular weight excluding hydrogens is 434 g/mol. The molecule has 9 heteroatoms. The number of nitrogens with zero attached hydrogens (tertiary/aromatic N) is 2. The molecule has 2 fully saturated rings. The van der Waals surface area contributed by atoms with Gasteiger partial charge in [0.25, 0.3) is 0 Å². The zero-order valence-electron chi connectivity index (χ0n) is 17.6. The number of rotatable bonds is 4. The zero-order valence-corrected chi connectivity index (χ0v) is 17.6. The summed E-state index contributed by atoms with van der Waals surface area (Å²) >= 11 is 0. The number of benzene rings is 1. The molecule has 3 nitrogen and oxygen atoms in total. The van der Waals surface area contributed by atoms with Crippen molar-refractivity contribution in [3.8, 4) is 6.01 Å². The van der Waals surface area contributed by atoms with Crippen molar-refractivity contribution in [2.75, 3.05) is 0 Å². The predicted molar refractivity (Wildman–Crippen MR) is 107 cm³/mol. The van der Waals surface area contributed by atoms with Gasteiger partial charge in [-0.25, -0.2) is 4.98 Å². The fraction of sp³-hybridized carbons (Fsp3) is 0.652. The maximum atomic E-state index is 14.3. The van der Waals surface area contributed by atoms with Gasteiger partial charge in [-0.05, 0) is 56.4 Å². The molecule has 1 aromatic carbocycles. The van der Waals surface area contributed by atoms with Crippen LogP contribution in [0.15, 0.2) is 30.5 Å². The third kappa shape index (κ3) is 4.15. The monoisotopic (exact) mass is 460 g/mol. The summed E-state index contributed by atoms with van der Waals surface area (Å²) in [5, 5.41) is 0.816. The van der Waals surface area contributed by atoms with Crippen LogP contribution in [0, 0.1) is 17.3 Å². The Balaban J connectivity index is 1.52. The molecule has 2 aliphatic carbocycles. The third-order valence-corrected chi connectivity index (χ3v) is 7.24. The van der Waals surface area contributed by atoms with E-state index in [9.17, 15) is 26.3 Å². The van der Waals surface area contributed by atoms with E-state index >= 15 is 0 Å². The summed E-state index contributed by atoms with van der Waals surface area (Å²) in [7, 11) is 0. The fourth-order valence-electron chi connectivity index (χ4n) is 5.77. The second-order valence-electron chi connectivity index (χ2n) is 9.00. The predicted octanol–water partition coefficient (Wildman–Crippen LogP) is 7.26. The lowest BCUT2D eigenvalue weighted by Gasteiger charge is -2.50. The molecule has 32 heavy (non-hydrogen) atoms. The average molecular weight is 460 g/mol. The topological polar surface area (TPSA) is 35.0 Å². The first-order valence-electron chi connectivity index (χ1n) is 11.1. The largest absolute Gasteiger partial charge is 0.460 e. The Kier molecular flexibility index (Phi) is 6.29. The van der Waals surface area contributed by atoms with Crippen LogP contribution in [0.1, 0.15) is 57.8 Å². The first kappa shape index (κ1) is 23.1. The number of hydrogen-bond donors (Lipinski definition) is 0. The highest BCUT2D eigenvalue weighted by Gasteiger charge is 2.76. The summed E-state index contributed by atoms with van der Waals surface area (Å²) in [5.41, 5.74) is -2.98. The minimum Gasteiger partial charge on any atom is -0.460 e. The molecule has 1 aromatic heterocycles. The molecule has 0 bridgehead atoms. The maximum Gasteiger partial charge on any atom is 0.403 e. The second-order valence-corrected chi connectivity index (χ2v) is 9.00. The van der Waals surface area contributed by atoms with E-state index in [1.807, 2.05) is 18.2 Å². The summed E-state index contributed by atoms with van der Waals surface area (Å²) < 4.78 is 91.3. The third-order valence-electron chi connectivity index (χ3n) is 7.24. The molecule has 2 aromatic rings. The summed E-state index contributed by atoms with van der Waals surface area (Å²) in [6, 6.07) is 7.36. The highest BCUT2D eigenvalue weighted by Crippen LogP contribution is 2.64. The van der Waals surface area contributed by atoms with Crippen LogP contribution in [0.2, 0.25) is 0 Å². The van der Waals surface area contributed by atoms with Crippen LogP contribution in [-0.2, 0) is 0 Å². The number of para-hydroxylation sites is 1. The number of alkyl halides is 6. The van der Waals surface area contributed by atoms with Gasteiger partial charge >= 0.3 is 18.4 Å². The van der Waals surface area contributed by atoms with E-state index in [2.05, 4.69) is 9.97 Å². The van der Waals surface area contributed by atoms with Crippen LogP contribution in [0.3, 0.4) is 0 Å². The van der Waals surface area contributed by atoms with Crippen LogP contribution >= 0.6 is 0 Å². The summed E-state index contributed by atoms with van der Waals surface area (Å²) in [6.45, 7) is 0. The van der Waals surface area contributed by atoms with Gasteiger partial charge in [-0.15, -0.1) is 0 Å². The normalized spacial score (nSPS) is 23.9. The maximum absolute atomic E-state index is 14.3. The van der Waals surface area contributed by atoms with E-state index in [0.29, 0.717) is 24.8 Å². The van der Waals surface area contributed by atoms with Crippen molar-refractivity contribution in [3.63, 3.8) is 0 Å². The second kappa shape index (κ2) is 8.71. The Bertz CT molecular complexity index is 901. The number of aromatic nitrogens is 2. The lowest BCUT2D eigenvalue weighted by Crippen LogP contribution is -2.60. The molecule has 0 amide bonds. The molecule has 0 spiro atoms. The van der Waals surface area contributed by atoms with E-state index in [-0.39, 0.29) is 44.5 Å². The van der Waals surface area contributed by atoms with Gasteiger partial charge in [-0.3, -0.25) is 0 Å². The lowest BCUT2D eigenvalue weighted by atomic mass is 9.57. The Labute approximate surface area is 182 Å². The van der Waals surface area contributed by atoms with Gasteiger partial charge in [0.05, 0.1) is 5.52 Å². The molecular formula is C23H26F6N2O. The molecule has 176 valence electrons. The lowest BCUT2D eigenvalue weighted by molar-refractivity contribution is -0.382. The van der Waals surface area contributed by atoms with Crippen molar-refractivity contribution in [3.05, 3.63) is 30.5 Å². The van der Waals surface area contributed by atoms with Gasteiger partial charge < -0.3 is 4.74 Å². The van der Waals surface area contributed by atoms with Gasteiger partial charge in [-0.2, -0.15) is 31.3 Å². The van der Waals surface area contributed by atoms with E-state index < -0.39 is 35.7 Å². The fourth-order valence-corrected chi connectivity index (χ4v) is 5.77. The molecule has 0 atom stereocenters. The number of hydrogen-bond acceptors (Lipinski definition) is 3. The van der Waals surface area contributed by atoms with Crippen molar-refractivity contribution in [1.82, 2.24) is 9.97 Å². The van der Waals surface area contributed by atoms with Crippen LogP contribution in [-0.4, -0.2) is 28.4 Å². The summed E-state index contributed by atoms with van der Waals surface area (Å²) in [6.07, 6.45) is -8.28. The number of fused-ring (bicyclic) bond motifs is 1. The molecule has 0 unspecified atom stereocenters. The van der Waals surface area contributed by atoms with E-state index in [1.54, 1.807) is 12.3 Å². The van der Waals surface area contributed by atoms with Gasteiger partial charge in [0.2, 0.25) is 0 Å². The first-order valence-corrected chi connectivity index (χ1v) is 11.1. The summed E-state index contributed by atoms with van der Waals surface area (Å²) in [4.78, 5) is 8.42. The minimum atomic E-state index is -5.34. The summed E-state index contributed by atoms with van der Waals surface area (Å²) in [5.74, 6) is -2.91. The van der Waals surface area contributed by atoms with Crippen molar-refractivity contribution in [2.45, 2.75) is 76.2 Å². The number of halogens is 6. The van der Waals surface area contributed by atoms with Crippen molar-refractivity contribution >= 4 is 10.9 Å². The van der Waals surface area contributed by atoms with Gasteiger partial charge in [0, 0.05) is 11.6 Å². The van der Waals surface area contributed by atoms with Crippen LogP contribution in [0.25, 0.3) is 10.9 Å². The highest BCUT2D eigenvalue weighted by atomic mass is 19.4. The van der Waals surface area contributed by atoms with E-state index in [1.165, 1.54) is 0 Å². The van der Waals surface area contributed by atoms with Gasteiger partial charge in [0.15, 0.2) is 5.41 Å². The Morgan fingerprint density at radius 3 is 1.97 bits per heavy atom. The van der Waals surface area contributed by atoms with Crippen LogP contribution in [0.4, 0.5) is 26.3 Å². The molecule has 0 saturated heterocycles. The molecule has 1 heterocycles.